The van der Waals surface area contributed by atoms with Gasteiger partial charge in [0.1, 0.15) is 6.04 Å². The van der Waals surface area contributed by atoms with Crippen LogP contribution < -0.4 is 16.0 Å². The Balaban J connectivity index is 4.18. The molecular formula is C11H21N3O5. The summed E-state index contributed by atoms with van der Waals surface area (Å²) in [4.78, 5) is 33.5. The van der Waals surface area contributed by atoms with Crippen molar-refractivity contribution in [3.63, 3.8) is 0 Å². The molecule has 0 aliphatic heterocycles. The van der Waals surface area contributed by atoms with E-state index < -0.39 is 30.2 Å². The highest BCUT2D eigenvalue weighted by atomic mass is 16.4. The summed E-state index contributed by atoms with van der Waals surface area (Å²) >= 11 is 0. The van der Waals surface area contributed by atoms with Gasteiger partial charge in [0, 0.05) is 6.04 Å². The van der Waals surface area contributed by atoms with Gasteiger partial charge in [-0.1, -0.05) is 0 Å². The zero-order valence-corrected chi connectivity index (χ0v) is 11.5. The Kier molecular flexibility index (Phi) is 6.26. The summed E-state index contributed by atoms with van der Waals surface area (Å²) in [5.74, 6) is -1.80. The van der Waals surface area contributed by atoms with Crippen molar-refractivity contribution in [2.45, 2.75) is 45.4 Å². The summed E-state index contributed by atoms with van der Waals surface area (Å²) in [7, 11) is 0. The summed E-state index contributed by atoms with van der Waals surface area (Å²) < 4.78 is 0. The van der Waals surface area contributed by atoms with Gasteiger partial charge in [-0.25, -0.2) is 9.59 Å². The van der Waals surface area contributed by atoms with Crippen LogP contribution in [-0.2, 0) is 9.59 Å². The fourth-order valence-corrected chi connectivity index (χ4v) is 1.05. The lowest BCUT2D eigenvalue weighted by Crippen LogP contribution is -2.53. The minimum Gasteiger partial charge on any atom is -0.479 e. The van der Waals surface area contributed by atoms with Crippen LogP contribution in [0.3, 0.4) is 0 Å². The molecule has 2 atom stereocenters. The van der Waals surface area contributed by atoms with Gasteiger partial charge in [-0.05, 0) is 27.7 Å². The normalized spacial score (nSPS) is 15.3. The first-order valence-corrected chi connectivity index (χ1v) is 5.86. The molecule has 0 saturated carbocycles. The van der Waals surface area contributed by atoms with E-state index in [0.717, 1.165) is 6.92 Å². The van der Waals surface area contributed by atoms with Crippen molar-refractivity contribution >= 4 is 17.9 Å². The number of rotatable bonds is 6. The van der Waals surface area contributed by atoms with Crippen molar-refractivity contribution in [2.75, 3.05) is 6.54 Å². The van der Waals surface area contributed by atoms with Gasteiger partial charge >= 0.3 is 12.0 Å². The molecule has 0 bridgehead atoms. The number of carboxylic acid groups (broad SMARTS) is 1. The maximum absolute atomic E-state index is 11.5. The molecule has 0 fully saturated rings. The van der Waals surface area contributed by atoms with E-state index in [0.29, 0.717) is 0 Å². The molecule has 0 aliphatic carbocycles. The van der Waals surface area contributed by atoms with Gasteiger partial charge in [0.25, 0.3) is 0 Å². The van der Waals surface area contributed by atoms with Crippen LogP contribution in [0.25, 0.3) is 0 Å². The highest BCUT2D eigenvalue weighted by Crippen LogP contribution is 2.00. The highest BCUT2D eigenvalue weighted by Gasteiger charge is 2.30. The SMILES string of the molecule is CC(C)NC(=O)C(C)NC(=O)NCC(C)(O)C(=O)O. The predicted octanol–water partition coefficient (Wildman–Crippen LogP) is -0.966. The fourth-order valence-electron chi connectivity index (χ4n) is 1.05. The maximum atomic E-state index is 11.5. The summed E-state index contributed by atoms with van der Waals surface area (Å²) in [6.07, 6.45) is 0. The van der Waals surface area contributed by atoms with Crippen LogP contribution in [0, 0.1) is 0 Å². The third-order valence-electron chi connectivity index (χ3n) is 2.23. The van der Waals surface area contributed by atoms with E-state index in [1.165, 1.54) is 6.92 Å². The lowest BCUT2D eigenvalue weighted by Gasteiger charge is -2.20. The minimum absolute atomic E-state index is 0.0486. The number of hydrogen-bond acceptors (Lipinski definition) is 4. The molecule has 0 heterocycles. The van der Waals surface area contributed by atoms with E-state index in [-0.39, 0.29) is 11.9 Å². The lowest BCUT2D eigenvalue weighted by molar-refractivity contribution is -0.155. The predicted molar refractivity (Wildman–Crippen MR) is 67.5 cm³/mol. The van der Waals surface area contributed by atoms with Crippen LogP contribution >= 0.6 is 0 Å². The number of hydrogen-bond donors (Lipinski definition) is 5. The summed E-state index contributed by atoms with van der Waals surface area (Å²) in [6, 6.07) is -1.54. The third-order valence-corrected chi connectivity index (χ3v) is 2.23. The zero-order chi connectivity index (χ0) is 15.2. The van der Waals surface area contributed by atoms with E-state index >= 15 is 0 Å². The van der Waals surface area contributed by atoms with Crippen LogP contribution in [-0.4, -0.2) is 52.4 Å². The van der Waals surface area contributed by atoms with Crippen LogP contribution in [0.4, 0.5) is 4.79 Å². The molecule has 0 spiro atoms. The molecule has 0 saturated heterocycles. The topological polar surface area (TPSA) is 128 Å². The molecule has 8 nitrogen and oxygen atoms in total. The smallest absolute Gasteiger partial charge is 0.337 e. The second-order valence-corrected chi connectivity index (χ2v) is 4.79. The van der Waals surface area contributed by atoms with Crippen molar-refractivity contribution in [1.82, 2.24) is 16.0 Å². The van der Waals surface area contributed by atoms with Crippen LogP contribution in [0.2, 0.25) is 0 Å². The number of carbonyl (C=O) groups excluding carboxylic acids is 2. The van der Waals surface area contributed by atoms with E-state index in [9.17, 15) is 19.5 Å². The van der Waals surface area contributed by atoms with Crippen molar-refractivity contribution in [3.8, 4) is 0 Å². The van der Waals surface area contributed by atoms with Crippen LogP contribution in [0.15, 0.2) is 0 Å². The molecule has 0 aromatic heterocycles. The second kappa shape index (κ2) is 6.93. The Morgan fingerprint density at radius 2 is 1.68 bits per heavy atom. The standard InChI is InChI=1S/C11H21N3O5/c1-6(2)13-8(15)7(3)14-10(18)12-5-11(4,19)9(16)17/h6-7,19H,5H2,1-4H3,(H,13,15)(H,16,17)(H2,12,14,18). The Hall–Kier alpha value is -1.83. The molecule has 0 aromatic rings. The van der Waals surface area contributed by atoms with Crippen molar-refractivity contribution < 1.29 is 24.6 Å². The van der Waals surface area contributed by atoms with Crippen molar-refractivity contribution in [1.29, 1.82) is 0 Å². The van der Waals surface area contributed by atoms with Gasteiger partial charge in [0.2, 0.25) is 5.91 Å². The Bertz CT molecular complexity index is 354. The monoisotopic (exact) mass is 275 g/mol. The number of amides is 3. The van der Waals surface area contributed by atoms with Gasteiger partial charge in [-0.15, -0.1) is 0 Å². The molecule has 0 rings (SSSR count). The number of nitrogens with one attached hydrogen (secondary N) is 3. The maximum Gasteiger partial charge on any atom is 0.337 e. The summed E-state index contributed by atoms with van der Waals surface area (Å²) in [6.45, 7) is 5.66. The first-order chi connectivity index (χ1) is 8.56. The Morgan fingerprint density at radius 3 is 2.11 bits per heavy atom. The Labute approximate surface area is 111 Å². The fraction of sp³-hybridized carbons (Fsp3) is 0.727. The average Bonchev–Trinajstić information content (AvgIpc) is 2.25. The lowest BCUT2D eigenvalue weighted by atomic mass is 10.1. The second-order valence-electron chi connectivity index (χ2n) is 4.79. The molecule has 110 valence electrons. The van der Waals surface area contributed by atoms with Crippen LogP contribution in [0.1, 0.15) is 27.7 Å². The van der Waals surface area contributed by atoms with Crippen LogP contribution in [0.5, 0.6) is 0 Å². The molecule has 5 N–H and O–H groups in total. The first-order valence-electron chi connectivity index (χ1n) is 5.86. The molecule has 0 radical (unpaired) electrons. The molecule has 19 heavy (non-hydrogen) atoms. The average molecular weight is 275 g/mol. The molecule has 2 unspecified atom stereocenters. The van der Waals surface area contributed by atoms with Gasteiger partial charge in [-0.3, -0.25) is 4.79 Å². The van der Waals surface area contributed by atoms with Gasteiger partial charge in [0.15, 0.2) is 5.60 Å². The number of aliphatic carboxylic acids is 1. The van der Waals surface area contributed by atoms with Crippen molar-refractivity contribution in [2.24, 2.45) is 0 Å². The zero-order valence-electron chi connectivity index (χ0n) is 11.5. The molecule has 0 aliphatic rings. The number of aliphatic hydroxyl groups is 1. The summed E-state index contributed by atoms with van der Waals surface area (Å²) in [5, 5.41) is 25.1. The third kappa shape index (κ3) is 6.61. The van der Waals surface area contributed by atoms with E-state index in [1.807, 2.05) is 0 Å². The van der Waals surface area contributed by atoms with Gasteiger partial charge < -0.3 is 26.2 Å². The van der Waals surface area contributed by atoms with Gasteiger partial charge in [0.05, 0.1) is 6.54 Å². The molecule has 8 heteroatoms. The van der Waals surface area contributed by atoms with Crippen molar-refractivity contribution in [3.05, 3.63) is 0 Å². The summed E-state index contributed by atoms with van der Waals surface area (Å²) in [5.41, 5.74) is -2.05. The first kappa shape index (κ1) is 17.2. The largest absolute Gasteiger partial charge is 0.479 e. The number of urea groups is 1. The number of carbonyl (C=O) groups is 3. The van der Waals surface area contributed by atoms with E-state index in [1.54, 1.807) is 13.8 Å². The quantitative estimate of drug-likeness (QED) is 0.426. The Morgan fingerprint density at radius 1 is 1.16 bits per heavy atom. The number of carboxylic acids is 1. The van der Waals surface area contributed by atoms with E-state index in [2.05, 4.69) is 16.0 Å². The van der Waals surface area contributed by atoms with E-state index in [4.69, 9.17) is 5.11 Å². The molecule has 0 aromatic carbocycles. The van der Waals surface area contributed by atoms with Gasteiger partial charge in [-0.2, -0.15) is 0 Å². The highest BCUT2D eigenvalue weighted by molar-refractivity contribution is 5.87. The minimum atomic E-state index is -2.05. The molecule has 3 amide bonds. The molecular weight excluding hydrogens is 254 g/mol.